The molecule has 116 valence electrons. The number of hydrogen-bond acceptors (Lipinski definition) is 5. The Balaban J connectivity index is 1.59. The number of carbonyl (C=O) groups is 1. The molecule has 5 nitrogen and oxygen atoms in total. The summed E-state index contributed by atoms with van der Waals surface area (Å²) in [7, 11) is 0. The fourth-order valence-corrected chi connectivity index (χ4v) is 2.96. The zero-order valence-electron chi connectivity index (χ0n) is 12.0. The van der Waals surface area contributed by atoms with E-state index >= 15 is 0 Å². The van der Waals surface area contributed by atoms with Crippen molar-refractivity contribution in [3.8, 4) is 0 Å². The second-order valence-corrected chi connectivity index (χ2v) is 6.09. The Morgan fingerprint density at radius 3 is 3.00 bits per heavy atom. The number of aliphatic hydroxyl groups is 1. The molecule has 1 unspecified atom stereocenters. The molecule has 2 rings (SSSR count). The Morgan fingerprint density at radius 1 is 1.43 bits per heavy atom. The first-order valence-electron chi connectivity index (χ1n) is 7.17. The second-order valence-electron chi connectivity index (χ2n) is 4.92. The minimum absolute atomic E-state index is 0.00579. The van der Waals surface area contributed by atoms with Crippen molar-refractivity contribution in [2.75, 3.05) is 45.1 Å². The number of morpholine rings is 1. The third-order valence-corrected chi connectivity index (χ3v) is 4.24. The maximum absolute atomic E-state index is 11.9. The molecule has 0 spiro atoms. The predicted octanol–water partition coefficient (Wildman–Crippen LogP) is 0.588. The van der Waals surface area contributed by atoms with Gasteiger partial charge < -0.3 is 15.2 Å². The smallest absolute Gasteiger partial charge is 0.234 e. The van der Waals surface area contributed by atoms with Gasteiger partial charge in [-0.1, -0.05) is 18.2 Å². The highest BCUT2D eigenvalue weighted by atomic mass is 32.2. The van der Waals surface area contributed by atoms with Crippen molar-refractivity contribution in [1.82, 2.24) is 10.2 Å². The molecule has 0 aromatic heterocycles. The highest BCUT2D eigenvalue weighted by Gasteiger charge is 2.21. The summed E-state index contributed by atoms with van der Waals surface area (Å²) in [5, 5.41) is 12.0. The van der Waals surface area contributed by atoms with Gasteiger partial charge in [0, 0.05) is 30.3 Å². The number of nitrogens with one attached hydrogen (secondary N) is 1. The molecule has 0 bridgehead atoms. The largest absolute Gasteiger partial charge is 0.394 e. The van der Waals surface area contributed by atoms with Gasteiger partial charge in [0.05, 0.1) is 25.9 Å². The summed E-state index contributed by atoms with van der Waals surface area (Å²) >= 11 is 1.73. The van der Waals surface area contributed by atoms with E-state index in [0.717, 1.165) is 12.3 Å². The summed E-state index contributed by atoms with van der Waals surface area (Å²) in [6, 6.07) is 10.1. The summed E-state index contributed by atoms with van der Waals surface area (Å²) in [4.78, 5) is 15.1. The van der Waals surface area contributed by atoms with E-state index in [1.165, 1.54) is 4.90 Å². The average molecular weight is 310 g/mol. The summed E-state index contributed by atoms with van der Waals surface area (Å²) in [6.45, 7) is 2.96. The molecule has 2 N–H and O–H groups in total. The van der Waals surface area contributed by atoms with Crippen LogP contribution in [0.4, 0.5) is 0 Å². The van der Waals surface area contributed by atoms with Crippen LogP contribution in [0.1, 0.15) is 0 Å². The molecule has 1 aromatic carbocycles. The van der Waals surface area contributed by atoms with Crippen LogP contribution in [0, 0.1) is 0 Å². The van der Waals surface area contributed by atoms with Crippen molar-refractivity contribution in [3.05, 3.63) is 30.3 Å². The lowest BCUT2D eigenvalue weighted by molar-refractivity contribution is -0.124. The van der Waals surface area contributed by atoms with Crippen LogP contribution in [0.5, 0.6) is 0 Å². The lowest BCUT2D eigenvalue weighted by Crippen LogP contribution is -2.48. The summed E-state index contributed by atoms with van der Waals surface area (Å²) in [6.07, 6.45) is -0.166. The molecule has 6 heteroatoms. The highest BCUT2D eigenvalue weighted by molar-refractivity contribution is 7.99. The third-order valence-electron chi connectivity index (χ3n) is 3.23. The summed E-state index contributed by atoms with van der Waals surface area (Å²) < 4.78 is 5.36. The first kappa shape index (κ1) is 16.3. The highest BCUT2D eigenvalue weighted by Crippen LogP contribution is 2.15. The van der Waals surface area contributed by atoms with Crippen LogP contribution >= 0.6 is 11.8 Å². The molecular weight excluding hydrogens is 288 g/mol. The van der Waals surface area contributed by atoms with Gasteiger partial charge in [-0.25, -0.2) is 0 Å². The molecule has 21 heavy (non-hydrogen) atoms. The molecule has 1 heterocycles. The second kappa shape index (κ2) is 9.04. The van der Waals surface area contributed by atoms with E-state index in [4.69, 9.17) is 9.84 Å². The van der Waals surface area contributed by atoms with E-state index in [0.29, 0.717) is 26.2 Å². The number of hydrogen-bond donors (Lipinski definition) is 2. The Bertz CT molecular complexity index is 430. The molecule has 0 aliphatic carbocycles. The van der Waals surface area contributed by atoms with Crippen molar-refractivity contribution in [3.63, 3.8) is 0 Å². The van der Waals surface area contributed by atoms with Crippen LogP contribution in [-0.2, 0) is 9.53 Å². The molecule has 1 amide bonds. The standard InChI is InChI=1S/C15H22N2O3S/c18-12-13-10-17(7-8-20-13)11-15(19)16-6-9-21-14-4-2-1-3-5-14/h1-5,13,18H,6-12H2,(H,16,19). The van der Waals surface area contributed by atoms with Crippen molar-refractivity contribution in [1.29, 1.82) is 0 Å². The monoisotopic (exact) mass is 310 g/mol. The maximum atomic E-state index is 11.9. The van der Waals surface area contributed by atoms with Crippen molar-refractivity contribution in [2.45, 2.75) is 11.0 Å². The Labute approximate surface area is 129 Å². The van der Waals surface area contributed by atoms with E-state index in [9.17, 15) is 4.79 Å². The van der Waals surface area contributed by atoms with Crippen LogP contribution in [0.25, 0.3) is 0 Å². The van der Waals surface area contributed by atoms with Gasteiger partial charge in [-0.05, 0) is 12.1 Å². The fraction of sp³-hybridized carbons (Fsp3) is 0.533. The maximum Gasteiger partial charge on any atom is 0.234 e. The molecule has 0 saturated carbocycles. The minimum atomic E-state index is -0.166. The van der Waals surface area contributed by atoms with Gasteiger partial charge in [0.2, 0.25) is 5.91 Å². The molecule has 0 radical (unpaired) electrons. The van der Waals surface area contributed by atoms with Crippen molar-refractivity contribution >= 4 is 17.7 Å². The number of benzene rings is 1. The minimum Gasteiger partial charge on any atom is -0.394 e. The number of aliphatic hydroxyl groups excluding tert-OH is 1. The van der Waals surface area contributed by atoms with E-state index in [1.54, 1.807) is 11.8 Å². The Kier molecular flexibility index (Phi) is 7.02. The van der Waals surface area contributed by atoms with Crippen LogP contribution < -0.4 is 5.32 Å². The van der Waals surface area contributed by atoms with Crippen LogP contribution in [0.3, 0.4) is 0 Å². The lowest BCUT2D eigenvalue weighted by Gasteiger charge is -2.31. The molecule has 1 saturated heterocycles. The van der Waals surface area contributed by atoms with Gasteiger partial charge in [-0.15, -0.1) is 11.8 Å². The molecule has 1 aliphatic rings. The number of amides is 1. The Morgan fingerprint density at radius 2 is 2.24 bits per heavy atom. The lowest BCUT2D eigenvalue weighted by atomic mass is 10.3. The molecule has 1 aliphatic heterocycles. The number of rotatable bonds is 7. The van der Waals surface area contributed by atoms with Gasteiger partial charge in [0.1, 0.15) is 0 Å². The molecule has 1 atom stereocenters. The summed E-state index contributed by atoms with van der Waals surface area (Å²) in [5.74, 6) is 0.889. The number of ether oxygens (including phenoxy) is 1. The first-order chi connectivity index (χ1) is 10.3. The topological polar surface area (TPSA) is 61.8 Å². The molecular formula is C15H22N2O3S. The Hall–Kier alpha value is -1.08. The van der Waals surface area contributed by atoms with E-state index < -0.39 is 0 Å². The van der Waals surface area contributed by atoms with E-state index in [2.05, 4.69) is 17.4 Å². The fourth-order valence-electron chi connectivity index (χ4n) is 2.17. The van der Waals surface area contributed by atoms with E-state index in [-0.39, 0.29) is 18.6 Å². The zero-order valence-corrected chi connectivity index (χ0v) is 12.8. The van der Waals surface area contributed by atoms with E-state index in [1.807, 2.05) is 23.1 Å². The number of thioether (sulfide) groups is 1. The van der Waals surface area contributed by atoms with Gasteiger partial charge in [-0.2, -0.15) is 0 Å². The normalized spacial score (nSPS) is 19.4. The number of carbonyl (C=O) groups excluding carboxylic acids is 1. The third kappa shape index (κ3) is 6.05. The molecule has 1 fully saturated rings. The van der Waals surface area contributed by atoms with Crippen molar-refractivity contribution < 1.29 is 14.6 Å². The quantitative estimate of drug-likeness (QED) is 0.570. The SMILES string of the molecule is O=C(CN1CCOC(CO)C1)NCCSc1ccccc1. The van der Waals surface area contributed by atoms with Crippen LogP contribution in [-0.4, -0.2) is 67.2 Å². The average Bonchev–Trinajstić information content (AvgIpc) is 2.53. The predicted molar refractivity (Wildman–Crippen MR) is 83.4 cm³/mol. The molecule has 1 aromatic rings. The van der Waals surface area contributed by atoms with Gasteiger partial charge in [0.15, 0.2) is 0 Å². The van der Waals surface area contributed by atoms with Gasteiger partial charge in [-0.3, -0.25) is 9.69 Å². The zero-order chi connectivity index (χ0) is 14.9. The van der Waals surface area contributed by atoms with Crippen LogP contribution in [0.2, 0.25) is 0 Å². The summed E-state index contributed by atoms with van der Waals surface area (Å²) in [5.41, 5.74) is 0. The van der Waals surface area contributed by atoms with Crippen LogP contribution in [0.15, 0.2) is 35.2 Å². The first-order valence-corrected chi connectivity index (χ1v) is 8.16. The van der Waals surface area contributed by atoms with Gasteiger partial charge in [0.25, 0.3) is 0 Å². The van der Waals surface area contributed by atoms with Gasteiger partial charge >= 0.3 is 0 Å². The number of nitrogens with zero attached hydrogens (tertiary/aromatic N) is 1. The van der Waals surface area contributed by atoms with Crippen molar-refractivity contribution in [2.24, 2.45) is 0 Å².